The highest BCUT2D eigenvalue weighted by molar-refractivity contribution is 6.23. The van der Waals surface area contributed by atoms with Crippen LogP contribution in [0.5, 0.6) is 5.75 Å². The van der Waals surface area contributed by atoms with Crippen LogP contribution in [-0.2, 0) is 9.59 Å². The third-order valence-electron chi connectivity index (χ3n) is 6.16. The van der Waals surface area contributed by atoms with Crippen LogP contribution in [0, 0.1) is 29.1 Å². The highest BCUT2D eigenvalue weighted by Gasteiger charge is 2.73. The number of hydrogen-bond donors (Lipinski definition) is 0. The number of benzene rings is 1. The van der Waals surface area contributed by atoms with Crippen LogP contribution in [0.4, 0.5) is 5.69 Å². The second-order valence-electron chi connectivity index (χ2n) is 6.93. The topological polar surface area (TPSA) is 46.6 Å². The van der Waals surface area contributed by atoms with Crippen molar-refractivity contribution in [1.29, 1.82) is 0 Å². The maximum absolute atomic E-state index is 12.9. The van der Waals surface area contributed by atoms with Crippen molar-refractivity contribution >= 4 is 17.5 Å². The Hall–Kier alpha value is -2.10. The van der Waals surface area contributed by atoms with Gasteiger partial charge in [0.15, 0.2) is 0 Å². The van der Waals surface area contributed by atoms with Crippen molar-refractivity contribution in [3.8, 4) is 5.75 Å². The summed E-state index contributed by atoms with van der Waals surface area (Å²) in [6.07, 6.45) is 6.72. The summed E-state index contributed by atoms with van der Waals surface area (Å²) in [7, 11) is 1.59. The number of carbonyl (C=O) groups is 2. The Bertz CT molecular complexity index is 700. The monoisotopic (exact) mass is 295 g/mol. The van der Waals surface area contributed by atoms with Crippen molar-refractivity contribution in [2.75, 3.05) is 12.0 Å². The van der Waals surface area contributed by atoms with Crippen LogP contribution in [0.2, 0.25) is 0 Å². The molecule has 22 heavy (non-hydrogen) atoms. The van der Waals surface area contributed by atoms with Crippen LogP contribution in [0.25, 0.3) is 0 Å². The minimum absolute atomic E-state index is 0.0219. The number of methoxy groups -OCH3 is 1. The van der Waals surface area contributed by atoms with Crippen molar-refractivity contribution in [2.45, 2.75) is 12.8 Å². The summed E-state index contributed by atoms with van der Waals surface area (Å²) in [6, 6.07) is 7.21. The highest BCUT2D eigenvalue weighted by atomic mass is 16.5. The van der Waals surface area contributed by atoms with Crippen LogP contribution >= 0.6 is 0 Å². The van der Waals surface area contributed by atoms with Gasteiger partial charge in [0, 0.05) is 6.07 Å². The molecule has 0 unspecified atom stereocenters. The number of fused-ring (bicyclic) bond motifs is 3. The van der Waals surface area contributed by atoms with Gasteiger partial charge in [0.25, 0.3) is 0 Å². The minimum atomic E-state index is -0.142. The second kappa shape index (κ2) is 3.80. The zero-order valence-corrected chi connectivity index (χ0v) is 12.4. The molecule has 1 aromatic rings. The molecule has 1 aromatic carbocycles. The zero-order chi connectivity index (χ0) is 15.1. The van der Waals surface area contributed by atoms with Gasteiger partial charge in [0.05, 0.1) is 24.6 Å². The molecule has 3 aliphatic carbocycles. The van der Waals surface area contributed by atoms with E-state index in [1.165, 1.54) is 17.7 Å². The Morgan fingerprint density at radius 3 is 2.27 bits per heavy atom. The van der Waals surface area contributed by atoms with Crippen molar-refractivity contribution in [1.82, 2.24) is 0 Å². The molecule has 4 nitrogen and oxygen atoms in total. The van der Waals surface area contributed by atoms with Crippen molar-refractivity contribution in [2.24, 2.45) is 29.1 Å². The smallest absolute Gasteiger partial charge is 0.238 e. The Labute approximate surface area is 128 Å². The van der Waals surface area contributed by atoms with Crippen molar-refractivity contribution in [3.63, 3.8) is 0 Å². The van der Waals surface area contributed by atoms with E-state index in [4.69, 9.17) is 4.74 Å². The van der Waals surface area contributed by atoms with Crippen LogP contribution in [-0.4, -0.2) is 18.9 Å². The standard InChI is InChI=1S/C18H17NO3/c1-22-11-4-2-3-10(9-11)19-16(20)14-12-5-6-13(15(14)17(19)21)18(12)7-8-18/h2-6,9,12-15H,7-8H2,1H3/t12-,13-,14-,15+/m0/s1. The van der Waals surface area contributed by atoms with Gasteiger partial charge >= 0.3 is 0 Å². The maximum atomic E-state index is 12.9. The van der Waals surface area contributed by atoms with E-state index in [-0.39, 0.29) is 40.9 Å². The number of rotatable bonds is 2. The van der Waals surface area contributed by atoms with E-state index in [2.05, 4.69) is 12.2 Å². The third kappa shape index (κ3) is 1.25. The van der Waals surface area contributed by atoms with Crippen molar-refractivity contribution in [3.05, 3.63) is 36.4 Å². The molecule has 1 spiro atoms. The van der Waals surface area contributed by atoms with Gasteiger partial charge < -0.3 is 4.74 Å². The molecule has 5 rings (SSSR count). The van der Waals surface area contributed by atoms with Gasteiger partial charge in [0.1, 0.15) is 5.75 Å². The van der Waals surface area contributed by atoms with Gasteiger partial charge in [-0.1, -0.05) is 18.2 Å². The summed E-state index contributed by atoms with van der Waals surface area (Å²) in [5.74, 6) is 0.879. The van der Waals surface area contributed by atoms with E-state index >= 15 is 0 Å². The summed E-state index contributed by atoms with van der Waals surface area (Å²) in [5.41, 5.74) is 0.884. The number of nitrogens with zero attached hydrogens (tertiary/aromatic N) is 1. The van der Waals surface area contributed by atoms with Crippen LogP contribution < -0.4 is 9.64 Å². The molecule has 2 bridgehead atoms. The average molecular weight is 295 g/mol. The molecule has 1 saturated heterocycles. The average Bonchev–Trinajstić information content (AvgIpc) is 3.13. The molecule has 0 aromatic heterocycles. The Morgan fingerprint density at radius 2 is 1.73 bits per heavy atom. The molecule has 4 atom stereocenters. The summed E-state index contributed by atoms with van der Waals surface area (Å²) in [4.78, 5) is 27.3. The normalized spacial score (nSPS) is 36.3. The fourth-order valence-electron chi connectivity index (χ4n) is 5.08. The Balaban J connectivity index is 1.56. The SMILES string of the molecule is COc1cccc(N2C(=O)[C@@H]3[C@H](C2=O)[C@@H]2C=C[C@@H]3C23CC3)c1. The summed E-state index contributed by atoms with van der Waals surface area (Å²) < 4.78 is 5.21. The number of anilines is 1. The number of hydrogen-bond acceptors (Lipinski definition) is 3. The molecule has 0 radical (unpaired) electrons. The Morgan fingerprint density at radius 1 is 1.09 bits per heavy atom. The van der Waals surface area contributed by atoms with Crippen LogP contribution in [0.3, 0.4) is 0 Å². The fraction of sp³-hybridized carbons (Fsp3) is 0.444. The summed E-state index contributed by atoms with van der Waals surface area (Å²) >= 11 is 0. The van der Waals surface area contributed by atoms with Gasteiger partial charge in [-0.05, 0) is 42.2 Å². The van der Waals surface area contributed by atoms with Gasteiger partial charge in [-0.2, -0.15) is 0 Å². The predicted molar refractivity (Wildman–Crippen MR) is 80.3 cm³/mol. The highest BCUT2D eigenvalue weighted by Crippen LogP contribution is 2.73. The molecule has 1 heterocycles. The van der Waals surface area contributed by atoms with Gasteiger partial charge in [-0.3, -0.25) is 9.59 Å². The second-order valence-corrected chi connectivity index (χ2v) is 6.93. The zero-order valence-electron chi connectivity index (χ0n) is 12.4. The lowest BCUT2D eigenvalue weighted by Gasteiger charge is -2.22. The number of amides is 2. The third-order valence-corrected chi connectivity index (χ3v) is 6.16. The first-order valence-electron chi connectivity index (χ1n) is 7.87. The first-order valence-corrected chi connectivity index (χ1v) is 7.87. The van der Waals surface area contributed by atoms with Gasteiger partial charge in [0.2, 0.25) is 11.8 Å². The van der Waals surface area contributed by atoms with E-state index in [1.54, 1.807) is 13.2 Å². The first-order chi connectivity index (χ1) is 10.7. The van der Waals surface area contributed by atoms with E-state index in [0.29, 0.717) is 11.4 Å². The lowest BCUT2D eigenvalue weighted by atomic mass is 9.85. The van der Waals surface area contributed by atoms with E-state index in [1.807, 2.05) is 18.2 Å². The molecule has 2 amide bonds. The Kier molecular flexibility index (Phi) is 2.15. The van der Waals surface area contributed by atoms with Gasteiger partial charge in [-0.15, -0.1) is 0 Å². The molecule has 0 N–H and O–H groups in total. The summed E-state index contributed by atoms with van der Waals surface area (Å²) in [6.45, 7) is 0. The molecule has 1 aliphatic heterocycles. The summed E-state index contributed by atoms with van der Waals surface area (Å²) in [5, 5.41) is 0. The number of imide groups is 1. The number of allylic oxidation sites excluding steroid dienone is 2. The van der Waals surface area contributed by atoms with Crippen LogP contribution in [0.15, 0.2) is 36.4 Å². The minimum Gasteiger partial charge on any atom is -0.497 e. The molecule has 4 heteroatoms. The number of ether oxygens (including phenoxy) is 1. The predicted octanol–water partition coefficient (Wildman–Crippen LogP) is 2.40. The number of carbonyl (C=O) groups excluding carboxylic acids is 2. The first kappa shape index (κ1) is 12.4. The molecule has 2 saturated carbocycles. The largest absolute Gasteiger partial charge is 0.497 e. The lowest BCUT2D eigenvalue weighted by molar-refractivity contribution is -0.123. The quantitative estimate of drug-likeness (QED) is 0.622. The molecule has 3 fully saturated rings. The van der Waals surface area contributed by atoms with E-state index in [9.17, 15) is 9.59 Å². The molecular weight excluding hydrogens is 278 g/mol. The van der Waals surface area contributed by atoms with Gasteiger partial charge in [-0.25, -0.2) is 4.90 Å². The van der Waals surface area contributed by atoms with Crippen molar-refractivity contribution < 1.29 is 14.3 Å². The maximum Gasteiger partial charge on any atom is 0.238 e. The fourth-order valence-corrected chi connectivity index (χ4v) is 5.08. The molecule has 4 aliphatic rings. The van der Waals surface area contributed by atoms with E-state index < -0.39 is 0 Å². The van der Waals surface area contributed by atoms with Crippen LogP contribution in [0.1, 0.15) is 12.8 Å². The lowest BCUT2D eigenvalue weighted by Crippen LogP contribution is -2.34. The molecular formula is C18H17NO3. The van der Waals surface area contributed by atoms with E-state index in [0.717, 1.165) is 0 Å². The molecule has 112 valence electrons.